The highest BCUT2D eigenvalue weighted by atomic mass is 79.9. The molecule has 0 aromatic heterocycles. The second-order valence-electron chi connectivity index (χ2n) is 4.58. The second kappa shape index (κ2) is 5.72. The molecule has 1 aromatic rings. The van der Waals surface area contributed by atoms with Gasteiger partial charge in [-0.25, -0.2) is 0 Å². The predicted molar refractivity (Wildman–Crippen MR) is 79.0 cm³/mol. The monoisotopic (exact) mass is 361 g/mol. The van der Waals surface area contributed by atoms with Crippen molar-refractivity contribution in [3.05, 3.63) is 28.2 Å². The SMILES string of the molecule is C[C@@H]1CN(c2ccc(CBr)cc2Br)C[C@H](C)O1. The first-order valence-corrected chi connectivity index (χ1v) is 7.76. The summed E-state index contributed by atoms with van der Waals surface area (Å²) in [4.78, 5) is 2.39. The van der Waals surface area contributed by atoms with Crippen LogP contribution >= 0.6 is 31.9 Å². The molecule has 1 fully saturated rings. The Bertz CT molecular complexity index is 387. The van der Waals surface area contributed by atoms with Gasteiger partial charge in [-0.2, -0.15) is 0 Å². The van der Waals surface area contributed by atoms with Crippen molar-refractivity contribution in [3.8, 4) is 0 Å². The molecule has 2 rings (SSSR count). The van der Waals surface area contributed by atoms with E-state index >= 15 is 0 Å². The largest absolute Gasteiger partial charge is 0.372 e. The molecule has 1 heterocycles. The Morgan fingerprint density at radius 1 is 1.29 bits per heavy atom. The first-order chi connectivity index (χ1) is 8.10. The van der Waals surface area contributed by atoms with E-state index in [2.05, 4.69) is 68.8 Å². The summed E-state index contributed by atoms with van der Waals surface area (Å²) >= 11 is 7.14. The minimum atomic E-state index is 0.293. The van der Waals surface area contributed by atoms with Gasteiger partial charge in [0.05, 0.1) is 17.9 Å². The molecule has 4 heteroatoms. The first kappa shape index (κ1) is 13.4. The van der Waals surface area contributed by atoms with Crippen molar-refractivity contribution in [2.24, 2.45) is 0 Å². The van der Waals surface area contributed by atoms with Crippen molar-refractivity contribution in [2.45, 2.75) is 31.4 Å². The lowest BCUT2D eigenvalue weighted by molar-refractivity contribution is -0.00525. The topological polar surface area (TPSA) is 12.5 Å². The molecule has 17 heavy (non-hydrogen) atoms. The lowest BCUT2D eigenvalue weighted by Crippen LogP contribution is -2.45. The quantitative estimate of drug-likeness (QED) is 0.738. The Balaban J connectivity index is 2.21. The number of halogens is 2. The fourth-order valence-corrected chi connectivity index (χ4v) is 3.29. The van der Waals surface area contributed by atoms with E-state index < -0.39 is 0 Å². The summed E-state index contributed by atoms with van der Waals surface area (Å²) in [5.74, 6) is 0. The van der Waals surface area contributed by atoms with Crippen LogP contribution in [0.2, 0.25) is 0 Å². The summed E-state index contributed by atoms with van der Waals surface area (Å²) in [7, 11) is 0. The maximum absolute atomic E-state index is 5.76. The highest BCUT2D eigenvalue weighted by molar-refractivity contribution is 9.10. The number of rotatable bonds is 2. The zero-order valence-electron chi connectivity index (χ0n) is 10.1. The van der Waals surface area contributed by atoms with Crippen LogP contribution in [0.5, 0.6) is 0 Å². The number of alkyl halides is 1. The van der Waals surface area contributed by atoms with Crippen molar-refractivity contribution < 1.29 is 4.74 Å². The van der Waals surface area contributed by atoms with Gasteiger partial charge in [-0.05, 0) is 47.5 Å². The van der Waals surface area contributed by atoms with Crippen LogP contribution in [0.25, 0.3) is 0 Å². The zero-order chi connectivity index (χ0) is 12.4. The third kappa shape index (κ3) is 3.24. The van der Waals surface area contributed by atoms with E-state index in [1.807, 2.05) is 0 Å². The number of morpholine rings is 1. The smallest absolute Gasteiger partial charge is 0.0726 e. The summed E-state index contributed by atoms with van der Waals surface area (Å²) in [6.07, 6.45) is 0.586. The number of nitrogens with zero attached hydrogens (tertiary/aromatic N) is 1. The van der Waals surface area contributed by atoms with E-state index in [-0.39, 0.29) is 0 Å². The molecule has 0 aliphatic carbocycles. The highest BCUT2D eigenvalue weighted by Crippen LogP contribution is 2.30. The van der Waals surface area contributed by atoms with E-state index in [0.29, 0.717) is 12.2 Å². The lowest BCUT2D eigenvalue weighted by Gasteiger charge is -2.37. The van der Waals surface area contributed by atoms with E-state index in [9.17, 15) is 0 Å². The molecule has 2 nitrogen and oxygen atoms in total. The second-order valence-corrected chi connectivity index (χ2v) is 6.00. The number of hydrogen-bond donors (Lipinski definition) is 0. The molecule has 0 saturated carbocycles. The minimum absolute atomic E-state index is 0.293. The van der Waals surface area contributed by atoms with Crippen molar-refractivity contribution in [1.82, 2.24) is 0 Å². The van der Waals surface area contributed by atoms with Gasteiger partial charge < -0.3 is 9.64 Å². The fraction of sp³-hybridized carbons (Fsp3) is 0.538. The fourth-order valence-electron chi connectivity index (χ4n) is 2.26. The Morgan fingerprint density at radius 2 is 1.94 bits per heavy atom. The Labute approximate surface area is 120 Å². The summed E-state index contributed by atoms with van der Waals surface area (Å²) < 4.78 is 6.92. The van der Waals surface area contributed by atoms with Gasteiger partial charge in [0.15, 0.2) is 0 Å². The predicted octanol–water partition coefficient (Wildman–Crippen LogP) is 3.96. The maximum Gasteiger partial charge on any atom is 0.0726 e. The third-order valence-corrected chi connectivity index (χ3v) is 4.21. The van der Waals surface area contributed by atoms with Gasteiger partial charge >= 0.3 is 0 Å². The van der Waals surface area contributed by atoms with E-state index in [1.54, 1.807) is 0 Å². The van der Waals surface area contributed by atoms with Gasteiger partial charge in [-0.3, -0.25) is 0 Å². The van der Waals surface area contributed by atoms with Gasteiger partial charge in [-0.15, -0.1) is 0 Å². The van der Waals surface area contributed by atoms with Gasteiger partial charge in [0.2, 0.25) is 0 Å². The molecule has 0 spiro atoms. The first-order valence-electron chi connectivity index (χ1n) is 5.85. The molecule has 0 amide bonds. The molecular weight excluding hydrogens is 346 g/mol. The molecule has 1 aliphatic rings. The standard InChI is InChI=1S/C13H17Br2NO/c1-9-7-16(8-10(2)17-9)13-4-3-11(6-14)5-12(13)15/h3-5,9-10H,6-8H2,1-2H3/t9-,10+. The van der Waals surface area contributed by atoms with Crippen molar-refractivity contribution in [3.63, 3.8) is 0 Å². The van der Waals surface area contributed by atoms with Crippen LogP contribution in [-0.2, 0) is 10.1 Å². The number of benzene rings is 1. The van der Waals surface area contributed by atoms with Gasteiger partial charge in [0, 0.05) is 22.9 Å². The average Bonchev–Trinajstić information content (AvgIpc) is 2.27. The number of anilines is 1. The van der Waals surface area contributed by atoms with Crippen LogP contribution in [-0.4, -0.2) is 25.3 Å². The molecule has 1 aliphatic heterocycles. The molecule has 0 bridgehead atoms. The molecule has 0 radical (unpaired) electrons. The van der Waals surface area contributed by atoms with Crippen LogP contribution in [0.1, 0.15) is 19.4 Å². The summed E-state index contributed by atoms with van der Waals surface area (Å²) in [6.45, 7) is 6.17. The van der Waals surface area contributed by atoms with E-state index in [4.69, 9.17) is 4.74 Å². The van der Waals surface area contributed by atoms with Crippen LogP contribution in [0, 0.1) is 0 Å². The van der Waals surface area contributed by atoms with Gasteiger partial charge in [0.25, 0.3) is 0 Å². The van der Waals surface area contributed by atoms with Gasteiger partial charge in [0.1, 0.15) is 0 Å². The van der Waals surface area contributed by atoms with Crippen LogP contribution in [0.15, 0.2) is 22.7 Å². The summed E-state index contributed by atoms with van der Waals surface area (Å²) in [5, 5.41) is 0.891. The molecule has 94 valence electrons. The molecule has 1 saturated heterocycles. The minimum Gasteiger partial charge on any atom is -0.372 e. The average molecular weight is 363 g/mol. The molecule has 1 aromatic carbocycles. The van der Waals surface area contributed by atoms with Crippen LogP contribution < -0.4 is 4.90 Å². The zero-order valence-corrected chi connectivity index (χ0v) is 13.3. The van der Waals surface area contributed by atoms with E-state index in [1.165, 1.54) is 11.3 Å². The number of hydrogen-bond acceptors (Lipinski definition) is 2. The molecule has 0 N–H and O–H groups in total. The molecular formula is C13H17Br2NO. The Hall–Kier alpha value is -0.0600. The van der Waals surface area contributed by atoms with Crippen molar-refractivity contribution in [2.75, 3.05) is 18.0 Å². The Kier molecular flexibility index (Phi) is 4.50. The van der Waals surface area contributed by atoms with Crippen LogP contribution in [0.3, 0.4) is 0 Å². The molecule has 2 atom stereocenters. The summed E-state index contributed by atoms with van der Waals surface area (Å²) in [5.41, 5.74) is 2.55. The summed E-state index contributed by atoms with van der Waals surface area (Å²) in [6, 6.07) is 6.53. The Morgan fingerprint density at radius 3 is 2.47 bits per heavy atom. The molecule has 0 unspecified atom stereocenters. The van der Waals surface area contributed by atoms with Crippen molar-refractivity contribution in [1.29, 1.82) is 0 Å². The van der Waals surface area contributed by atoms with Crippen molar-refractivity contribution >= 4 is 37.5 Å². The van der Waals surface area contributed by atoms with Gasteiger partial charge in [-0.1, -0.05) is 22.0 Å². The highest BCUT2D eigenvalue weighted by Gasteiger charge is 2.23. The van der Waals surface area contributed by atoms with Crippen LogP contribution in [0.4, 0.5) is 5.69 Å². The normalized spacial score (nSPS) is 25.1. The third-order valence-electron chi connectivity index (χ3n) is 2.93. The van der Waals surface area contributed by atoms with E-state index in [0.717, 1.165) is 22.9 Å². The number of ether oxygens (including phenoxy) is 1. The maximum atomic E-state index is 5.76. The lowest BCUT2D eigenvalue weighted by atomic mass is 10.1.